The fourth-order valence-corrected chi connectivity index (χ4v) is 2.63. The Labute approximate surface area is 119 Å². The van der Waals surface area contributed by atoms with Crippen LogP contribution in [0.1, 0.15) is 50.0 Å². The molecule has 1 N–H and O–H groups in total. The van der Waals surface area contributed by atoms with E-state index in [1.807, 2.05) is 0 Å². The molecule has 0 bridgehead atoms. The number of hydrogen-bond acceptors (Lipinski definition) is 4. The van der Waals surface area contributed by atoms with Gasteiger partial charge in [-0.15, -0.1) is 0 Å². The summed E-state index contributed by atoms with van der Waals surface area (Å²) in [6.07, 6.45) is 5.88. The monoisotopic (exact) mass is 271 g/mol. The van der Waals surface area contributed by atoms with E-state index < -0.39 is 0 Å². The smallest absolute Gasteiger partial charge is 0.257 e. The normalized spacial score (nSPS) is 19.8. The molecule has 2 heterocycles. The Morgan fingerprint density at radius 3 is 2.85 bits per heavy atom. The fraction of sp³-hybridized carbons (Fsp3) is 0.500. The highest BCUT2D eigenvalue weighted by Crippen LogP contribution is 2.24. The highest BCUT2D eigenvalue weighted by Gasteiger charge is 2.19. The van der Waals surface area contributed by atoms with E-state index in [1.165, 1.54) is 24.8 Å². The Morgan fingerprint density at radius 2 is 2.05 bits per heavy atom. The molecule has 1 aliphatic rings. The summed E-state index contributed by atoms with van der Waals surface area (Å²) in [6, 6.07) is 8.57. The molecular weight excluding hydrogens is 250 g/mol. The molecular formula is C16H21N3O. The predicted molar refractivity (Wildman–Crippen MR) is 78.3 cm³/mol. The molecule has 0 amide bonds. The van der Waals surface area contributed by atoms with Crippen molar-refractivity contribution in [3.8, 4) is 11.5 Å². The summed E-state index contributed by atoms with van der Waals surface area (Å²) in [7, 11) is 0. The average molecular weight is 271 g/mol. The van der Waals surface area contributed by atoms with Gasteiger partial charge in [0.1, 0.15) is 0 Å². The highest BCUT2D eigenvalue weighted by molar-refractivity contribution is 5.53. The Hall–Kier alpha value is -1.68. The maximum atomic E-state index is 5.42. The van der Waals surface area contributed by atoms with Crippen LogP contribution in [0, 0.1) is 0 Å². The van der Waals surface area contributed by atoms with Crippen LogP contribution >= 0.6 is 0 Å². The van der Waals surface area contributed by atoms with Crippen molar-refractivity contribution >= 4 is 0 Å². The van der Waals surface area contributed by atoms with Gasteiger partial charge in [-0.25, -0.2) is 0 Å². The summed E-state index contributed by atoms with van der Waals surface area (Å²) in [5.74, 6) is 1.41. The lowest BCUT2D eigenvalue weighted by atomic mass is 10.1. The van der Waals surface area contributed by atoms with Gasteiger partial charge >= 0.3 is 0 Å². The second kappa shape index (κ2) is 6.18. The van der Waals surface area contributed by atoms with E-state index >= 15 is 0 Å². The van der Waals surface area contributed by atoms with Crippen molar-refractivity contribution in [2.24, 2.45) is 0 Å². The molecule has 1 saturated heterocycles. The maximum Gasteiger partial charge on any atom is 0.257 e. The minimum Gasteiger partial charge on any atom is -0.334 e. The number of aromatic nitrogens is 2. The fourth-order valence-electron chi connectivity index (χ4n) is 2.63. The standard InChI is InChI=1S/C16H21N3O/c1-2-12-7-9-13(10-8-12)16-18-15(19-20-16)14-6-4-3-5-11-17-14/h7-10,14,17H,2-6,11H2,1H3. The minimum atomic E-state index is 0.241. The first kappa shape index (κ1) is 13.3. The quantitative estimate of drug-likeness (QED) is 0.928. The average Bonchev–Trinajstić information content (AvgIpc) is 2.83. The number of hydrogen-bond donors (Lipinski definition) is 1. The van der Waals surface area contributed by atoms with Crippen molar-refractivity contribution in [3.63, 3.8) is 0 Å². The van der Waals surface area contributed by atoms with Crippen LogP contribution < -0.4 is 5.32 Å². The van der Waals surface area contributed by atoms with Crippen molar-refractivity contribution < 1.29 is 4.52 Å². The molecule has 0 aliphatic carbocycles. The van der Waals surface area contributed by atoms with E-state index in [0.717, 1.165) is 30.8 Å². The molecule has 0 radical (unpaired) electrons. The van der Waals surface area contributed by atoms with E-state index in [-0.39, 0.29) is 6.04 Å². The molecule has 0 saturated carbocycles. The molecule has 4 nitrogen and oxygen atoms in total. The zero-order valence-corrected chi connectivity index (χ0v) is 11.9. The van der Waals surface area contributed by atoms with Gasteiger partial charge in [0.05, 0.1) is 6.04 Å². The maximum absolute atomic E-state index is 5.42. The van der Waals surface area contributed by atoms with Gasteiger partial charge in [0.25, 0.3) is 5.89 Å². The van der Waals surface area contributed by atoms with Crippen molar-refractivity contribution in [1.29, 1.82) is 0 Å². The molecule has 1 aliphatic heterocycles. The Morgan fingerprint density at radius 1 is 1.20 bits per heavy atom. The van der Waals surface area contributed by atoms with Crippen molar-refractivity contribution in [3.05, 3.63) is 35.7 Å². The second-order valence-corrected chi connectivity index (χ2v) is 5.36. The summed E-state index contributed by atoms with van der Waals surface area (Å²) in [6.45, 7) is 3.19. The third-order valence-electron chi connectivity index (χ3n) is 3.92. The number of benzene rings is 1. The molecule has 20 heavy (non-hydrogen) atoms. The van der Waals surface area contributed by atoms with E-state index in [1.54, 1.807) is 0 Å². The molecule has 4 heteroatoms. The number of nitrogens with zero attached hydrogens (tertiary/aromatic N) is 2. The minimum absolute atomic E-state index is 0.241. The lowest BCUT2D eigenvalue weighted by Crippen LogP contribution is -2.21. The van der Waals surface area contributed by atoms with Crippen molar-refractivity contribution in [1.82, 2.24) is 15.5 Å². The summed E-state index contributed by atoms with van der Waals surface area (Å²) in [5.41, 5.74) is 2.31. The zero-order chi connectivity index (χ0) is 13.8. The van der Waals surface area contributed by atoms with Crippen LogP contribution in [0.3, 0.4) is 0 Å². The third kappa shape index (κ3) is 2.90. The third-order valence-corrected chi connectivity index (χ3v) is 3.92. The molecule has 1 aromatic carbocycles. The van der Waals surface area contributed by atoms with Crippen molar-refractivity contribution in [2.45, 2.75) is 45.1 Å². The summed E-state index contributed by atoms with van der Waals surface area (Å²) in [4.78, 5) is 4.56. The first-order valence-electron chi connectivity index (χ1n) is 7.53. The number of nitrogens with one attached hydrogen (secondary N) is 1. The SMILES string of the molecule is CCc1ccc(-c2nc(C3CCCCCN3)no2)cc1. The first-order chi connectivity index (χ1) is 9.86. The van der Waals surface area contributed by atoms with Gasteiger partial charge < -0.3 is 9.84 Å². The van der Waals surface area contributed by atoms with Gasteiger partial charge in [0.15, 0.2) is 5.82 Å². The van der Waals surface area contributed by atoms with Gasteiger partial charge in [-0.05, 0) is 43.5 Å². The van der Waals surface area contributed by atoms with Crippen LogP contribution in [0.5, 0.6) is 0 Å². The number of rotatable bonds is 3. The summed E-state index contributed by atoms with van der Waals surface area (Å²) in [5, 5.41) is 7.65. The van der Waals surface area contributed by atoms with Gasteiger partial charge in [0.2, 0.25) is 0 Å². The van der Waals surface area contributed by atoms with Crippen LogP contribution in [-0.4, -0.2) is 16.7 Å². The predicted octanol–water partition coefficient (Wildman–Crippen LogP) is 3.50. The molecule has 0 spiro atoms. The zero-order valence-electron chi connectivity index (χ0n) is 11.9. The van der Waals surface area contributed by atoms with Crippen LogP contribution in [0.2, 0.25) is 0 Å². The first-order valence-corrected chi connectivity index (χ1v) is 7.53. The topological polar surface area (TPSA) is 51.0 Å². The second-order valence-electron chi connectivity index (χ2n) is 5.36. The van der Waals surface area contributed by atoms with Crippen LogP contribution in [0.4, 0.5) is 0 Å². The van der Waals surface area contributed by atoms with Crippen LogP contribution in [0.25, 0.3) is 11.5 Å². The van der Waals surface area contributed by atoms with E-state index in [0.29, 0.717) is 5.89 Å². The lowest BCUT2D eigenvalue weighted by Gasteiger charge is -2.09. The van der Waals surface area contributed by atoms with E-state index in [2.05, 4.69) is 46.6 Å². The Kier molecular flexibility index (Phi) is 4.11. The number of aryl methyl sites for hydroxylation is 1. The van der Waals surface area contributed by atoms with Gasteiger partial charge in [-0.1, -0.05) is 37.1 Å². The Balaban J connectivity index is 1.78. The summed E-state index contributed by atoms with van der Waals surface area (Å²) < 4.78 is 5.42. The molecule has 1 atom stereocenters. The molecule has 3 rings (SSSR count). The molecule has 2 aromatic rings. The van der Waals surface area contributed by atoms with Crippen LogP contribution in [-0.2, 0) is 6.42 Å². The largest absolute Gasteiger partial charge is 0.334 e. The Bertz CT molecular complexity index is 539. The molecule has 106 valence electrons. The highest BCUT2D eigenvalue weighted by atomic mass is 16.5. The lowest BCUT2D eigenvalue weighted by molar-refractivity contribution is 0.402. The van der Waals surface area contributed by atoms with E-state index in [9.17, 15) is 0 Å². The van der Waals surface area contributed by atoms with Gasteiger partial charge in [-0.2, -0.15) is 4.98 Å². The summed E-state index contributed by atoms with van der Waals surface area (Å²) >= 11 is 0. The van der Waals surface area contributed by atoms with Crippen LogP contribution in [0.15, 0.2) is 28.8 Å². The van der Waals surface area contributed by atoms with Gasteiger partial charge in [0, 0.05) is 5.56 Å². The molecule has 1 fully saturated rings. The van der Waals surface area contributed by atoms with Gasteiger partial charge in [-0.3, -0.25) is 0 Å². The molecule has 1 aromatic heterocycles. The van der Waals surface area contributed by atoms with E-state index in [4.69, 9.17) is 4.52 Å². The molecule has 1 unspecified atom stereocenters. The van der Waals surface area contributed by atoms with Crippen molar-refractivity contribution in [2.75, 3.05) is 6.54 Å².